The number of nitrogens with one attached hydrogen (secondary N) is 1. The first-order chi connectivity index (χ1) is 8.83. The number of hydrogen-bond donors (Lipinski definition) is 2. The van der Waals surface area contributed by atoms with Gasteiger partial charge in [-0.25, -0.2) is 15.8 Å². The summed E-state index contributed by atoms with van der Waals surface area (Å²) in [5.41, 5.74) is 4.17. The van der Waals surface area contributed by atoms with Crippen molar-refractivity contribution in [1.82, 2.24) is 9.97 Å². The molecule has 2 aromatic rings. The smallest absolute Gasteiger partial charge is 0.190 e. The Hall–Kier alpha value is -0.850. The van der Waals surface area contributed by atoms with Crippen molar-refractivity contribution in [3.05, 3.63) is 10.4 Å². The van der Waals surface area contributed by atoms with E-state index in [0.717, 1.165) is 33.4 Å². The average Bonchev–Trinajstić information content (AvgIpc) is 2.76. The first-order valence-electron chi connectivity index (χ1n) is 6.25. The molecule has 18 heavy (non-hydrogen) atoms. The third-order valence-corrected chi connectivity index (χ3v) is 5.12. The van der Waals surface area contributed by atoms with Gasteiger partial charge in [0, 0.05) is 4.88 Å². The summed E-state index contributed by atoms with van der Waals surface area (Å²) < 4.78 is 0. The summed E-state index contributed by atoms with van der Waals surface area (Å²) in [7, 11) is 0. The maximum Gasteiger partial charge on any atom is 0.190 e. The predicted octanol–water partition coefficient (Wildman–Crippen LogP) is 2.97. The topological polar surface area (TPSA) is 63.8 Å². The minimum atomic E-state index is 0.787. The molecule has 1 aliphatic carbocycles. The van der Waals surface area contributed by atoms with Gasteiger partial charge in [-0.2, -0.15) is 0 Å². The van der Waals surface area contributed by atoms with Crippen molar-refractivity contribution in [2.75, 3.05) is 11.2 Å². The number of nitrogens with two attached hydrogens (primary N) is 1. The number of thioether (sulfide) groups is 1. The van der Waals surface area contributed by atoms with Crippen LogP contribution >= 0.6 is 23.1 Å². The van der Waals surface area contributed by atoms with E-state index < -0.39 is 0 Å². The molecule has 2 heterocycles. The summed E-state index contributed by atoms with van der Waals surface area (Å²) in [6.07, 6.45) is 4.85. The second kappa shape index (κ2) is 5.03. The van der Waals surface area contributed by atoms with E-state index in [1.807, 2.05) is 11.3 Å². The van der Waals surface area contributed by atoms with E-state index in [0.29, 0.717) is 0 Å². The number of fused-ring (bicyclic) bond motifs is 3. The molecule has 0 atom stereocenters. The molecule has 4 nitrogen and oxygen atoms in total. The Bertz CT molecular complexity index is 579. The third kappa shape index (κ3) is 1.98. The van der Waals surface area contributed by atoms with Gasteiger partial charge in [-0.15, -0.1) is 11.3 Å². The molecule has 96 valence electrons. The van der Waals surface area contributed by atoms with Gasteiger partial charge in [-0.3, -0.25) is 0 Å². The molecule has 0 radical (unpaired) electrons. The van der Waals surface area contributed by atoms with Crippen LogP contribution in [0.15, 0.2) is 5.16 Å². The highest BCUT2D eigenvalue weighted by molar-refractivity contribution is 7.99. The van der Waals surface area contributed by atoms with Gasteiger partial charge < -0.3 is 5.43 Å². The van der Waals surface area contributed by atoms with Crippen LogP contribution in [0.25, 0.3) is 10.2 Å². The maximum atomic E-state index is 5.63. The Morgan fingerprint density at radius 3 is 2.94 bits per heavy atom. The lowest BCUT2D eigenvalue weighted by atomic mass is 9.97. The number of aryl methyl sites for hydroxylation is 2. The Kier molecular flexibility index (Phi) is 3.41. The zero-order chi connectivity index (χ0) is 12.5. The fourth-order valence-electron chi connectivity index (χ4n) is 2.44. The zero-order valence-corrected chi connectivity index (χ0v) is 12.0. The van der Waals surface area contributed by atoms with Crippen LogP contribution in [-0.4, -0.2) is 15.7 Å². The molecule has 0 saturated heterocycles. The first kappa shape index (κ1) is 12.2. The highest BCUT2D eigenvalue weighted by Gasteiger charge is 2.20. The predicted molar refractivity (Wildman–Crippen MR) is 78.3 cm³/mol. The number of thiophene rings is 1. The number of anilines is 1. The van der Waals surface area contributed by atoms with E-state index in [-0.39, 0.29) is 0 Å². The van der Waals surface area contributed by atoms with Gasteiger partial charge in [0.05, 0.1) is 5.39 Å². The second-order valence-corrected chi connectivity index (χ2v) is 6.64. The standard InChI is InChI=1S/C12H16N4S2/c1-2-17-12-14-10(16-13)9-7-5-3-4-6-8(7)18-11(9)15-12/h2-6,13H2,1H3,(H,14,15,16). The highest BCUT2D eigenvalue weighted by atomic mass is 32.2. The maximum absolute atomic E-state index is 5.63. The Morgan fingerprint density at radius 1 is 1.33 bits per heavy atom. The molecule has 2 aromatic heterocycles. The SMILES string of the molecule is CCSc1nc(NN)c2c3c(sc2n1)CCCC3. The first-order valence-corrected chi connectivity index (χ1v) is 8.05. The van der Waals surface area contributed by atoms with Gasteiger partial charge in [0.2, 0.25) is 0 Å². The lowest BCUT2D eigenvalue weighted by Gasteiger charge is -2.11. The van der Waals surface area contributed by atoms with E-state index >= 15 is 0 Å². The minimum Gasteiger partial charge on any atom is -0.308 e. The van der Waals surface area contributed by atoms with E-state index in [1.165, 1.54) is 29.7 Å². The summed E-state index contributed by atoms with van der Waals surface area (Å²) in [6, 6.07) is 0. The number of nitrogen functional groups attached to an aromatic ring is 1. The van der Waals surface area contributed by atoms with Crippen LogP contribution in [0.2, 0.25) is 0 Å². The number of nitrogens with zero attached hydrogens (tertiary/aromatic N) is 2. The van der Waals surface area contributed by atoms with Crippen molar-refractivity contribution in [2.24, 2.45) is 5.84 Å². The van der Waals surface area contributed by atoms with Crippen molar-refractivity contribution in [3.63, 3.8) is 0 Å². The van der Waals surface area contributed by atoms with Crippen molar-refractivity contribution < 1.29 is 0 Å². The summed E-state index contributed by atoms with van der Waals surface area (Å²) in [4.78, 5) is 11.7. The molecule has 0 bridgehead atoms. The van der Waals surface area contributed by atoms with Crippen molar-refractivity contribution >= 4 is 39.1 Å². The van der Waals surface area contributed by atoms with Crippen LogP contribution in [-0.2, 0) is 12.8 Å². The highest BCUT2D eigenvalue weighted by Crippen LogP contribution is 2.39. The molecule has 0 spiro atoms. The van der Waals surface area contributed by atoms with Gasteiger partial charge in [0.25, 0.3) is 0 Å². The molecule has 0 fully saturated rings. The fourth-order valence-corrected chi connectivity index (χ4v) is 4.32. The lowest BCUT2D eigenvalue weighted by molar-refractivity contribution is 0.700. The Morgan fingerprint density at radius 2 is 2.17 bits per heavy atom. The molecule has 0 saturated carbocycles. The monoisotopic (exact) mass is 280 g/mol. The normalized spacial score (nSPS) is 14.8. The number of rotatable bonds is 3. The van der Waals surface area contributed by atoms with Crippen LogP contribution < -0.4 is 11.3 Å². The molecule has 0 amide bonds. The summed E-state index contributed by atoms with van der Waals surface area (Å²) in [6.45, 7) is 2.10. The van der Waals surface area contributed by atoms with E-state index in [4.69, 9.17) is 5.84 Å². The lowest BCUT2D eigenvalue weighted by Crippen LogP contribution is -2.10. The van der Waals surface area contributed by atoms with E-state index in [2.05, 4.69) is 22.3 Å². The fraction of sp³-hybridized carbons (Fsp3) is 0.500. The third-order valence-electron chi connectivity index (χ3n) is 3.20. The van der Waals surface area contributed by atoms with Crippen LogP contribution in [0.4, 0.5) is 5.82 Å². The summed E-state index contributed by atoms with van der Waals surface area (Å²) in [5, 5.41) is 1.97. The summed E-state index contributed by atoms with van der Waals surface area (Å²) >= 11 is 3.46. The number of hydrazine groups is 1. The molecule has 1 aliphatic rings. The van der Waals surface area contributed by atoms with Crippen molar-refractivity contribution in [1.29, 1.82) is 0 Å². The largest absolute Gasteiger partial charge is 0.308 e. The molecule has 3 N–H and O–H groups in total. The molecule has 6 heteroatoms. The molecule has 0 aromatic carbocycles. The molecular formula is C12H16N4S2. The van der Waals surface area contributed by atoms with E-state index in [1.54, 1.807) is 11.8 Å². The molecular weight excluding hydrogens is 264 g/mol. The van der Waals surface area contributed by atoms with Gasteiger partial charge >= 0.3 is 0 Å². The molecule has 3 rings (SSSR count). The molecule has 0 aliphatic heterocycles. The molecule has 0 unspecified atom stereocenters. The Labute approximate surface area is 114 Å². The van der Waals surface area contributed by atoms with Crippen molar-refractivity contribution in [2.45, 2.75) is 37.8 Å². The average molecular weight is 280 g/mol. The van der Waals surface area contributed by atoms with Crippen LogP contribution in [0, 0.1) is 0 Å². The van der Waals surface area contributed by atoms with Gasteiger partial charge in [0.15, 0.2) is 11.0 Å². The Balaban J connectivity index is 2.21. The summed E-state index contributed by atoms with van der Waals surface area (Å²) in [5.74, 6) is 7.39. The van der Waals surface area contributed by atoms with Gasteiger partial charge in [-0.1, -0.05) is 18.7 Å². The van der Waals surface area contributed by atoms with Crippen LogP contribution in [0.3, 0.4) is 0 Å². The van der Waals surface area contributed by atoms with E-state index in [9.17, 15) is 0 Å². The second-order valence-electron chi connectivity index (χ2n) is 4.32. The van der Waals surface area contributed by atoms with Crippen LogP contribution in [0.5, 0.6) is 0 Å². The van der Waals surface area contributed by atoms with Gasteiger partial charge in [-0.05, 0) is 37.0 Å². The van der Waals surface area contributed by atoms with Crippen molar-refractivity contribution in [3.8, 4) is 0 Å². The minimum absolute atomic E-state index is 0.787. The van der Waals surface area contributed by atoms with Gasteiger partial charge in [0.1, 0.15) is 4.83 Å². The zero-order valence-electron chi connectivity index (χ0n) is 10.3. The number of hydrogen-bond acceptors (Lipinski definition) is 6. The van der Waals surface area contributed by atoms with Crippen LogP contribution in [0.1, 0.15) is 30.2 Å². The quantitative estimate of drug-likeness (QED) is 0.392. The number of aromatic nitrogens is 2.